The molecule has 0 amide bonds. The highest BCUT2D eigenvalue weighted by Gasteiger charge is 2.17. The lowest BCUT2D eigenvalue weighted by Crippen LogP contribution is -2.06. The molecule has 0 saturated heterocycles. The van der Waals surface area contributed by atoms with Crippen LogP contribution in [0, 0.1) is 0 Å². The second kappa shape index (κ2) is 4.38. The molecule has 0 aromatic carbocycles. The minimum Gasteiger partial charge on any atom is -0.464 e. The van der Waals surface area contributed by atoms with Crippen molar-refractivity contribution in [2.75, 3.05) is 12.8 Å². The first-order valence-electron chi connectivity index (χ1n) is 4.53. The Labute approximate surface area is 101 Å². The molecule has 88 valence electrons. The van der Waals surface area contributed by atoms with E-state index in [2.05, 4.69) is 19.8 Å². The van der Waals surface area contributed by atoms with Crippen LogP contribution in [-0.4, -0.2) is 32.8 Å². The van der Waals surface area contributed by atoms with Crippen molar-refractivity contribution in [3.8, 4) is 5.82 Å². The van der Waals surface area contributed by atoms with Crippen LogP contribution >= 0.6 is 11.6 Å². The number of aromatic nitrogens is 4. The van der Waals surface area contributed by atoms with E-state index in [1.165, 1.54) is 30.5 Å². The molecule has 0 aliphatic heterocycles. The van der Waals surface area contributed by atoms with Gasteiger partial charge < -0.3 is 10.5 Å². The molecular weight excluding hydrogens is 246 g/mol. The van der Waals surface area contributed by atoms with E-state index in [0.29, 0.717) is 10.8 Å². The maximum Gasteiger partial charge on any atom is 0.360 e. The number of hydrogen-bond acceptors (Lipinski definition) is 6. The van der Waals surface area contributed by atoms with Gasteiger partial charge in [0.15, 0.2) is 11.5 Å². The first kappa shape index (κ1) is 11.3. The summed E-state index contributed by atoms with van der Waals surface area (Å²) in [7, 11) is 1.25. The fraction of sp³-hybridized carbons (Fsp3) is 0.111. The van der Waals surface area contributed by atoms with E-state index in [4.69, 9.17) is 17.3 Å². The van der Waals surface area contributed by atoms with E-state index >= 15 is 0 Å². The Kier molecular flexibility index (Phi) is 2.92. The van der Waals surface area contributed by atoms with Crippen molar-refractivity contribution in [2.24, 2.45) is 0 Å². The number of halogens is 1. The third-order valence-corrected chi connectivity index (χ3v) is 2.25. The highest BCUT2D eigenvalue weighted by atomic mass is 35.5. The summed E-state index contributed by atoms with van der Waals surface area (Å²) < 4.78 is 5.83. The van der Waals surface area contributed by atoms with Gasteiger partial charge in [-0.05, 0) is 0 Å². The summed E-state index contributed by atoms with van der Waals surface area (Å²) in [6.07, 6.45) is 4.16. The highest BCUT2D eigenvalue weighted by molar-refractivity contribution is 6.32. The zero-order chi connectivity index (χ0) is 12.4. The SMILES string of the molecule is COC(=O)c1nn(-c2ncncc2Cl)cc1N. The lowest BCUT2D eigenvalue weighted by Gasteiger charge is -2.00. The molecule has 2 rings (SSSR count). The quantitative estimate of drug-likeness (QED) is 0.791. The number of nitrogens with two attached hydrogens (primary N) is 1. The number of methoxy groups -OCH3 is 1. The van der Waals surface area contributed by atoms with Gasteiger partial charge in [0.1, 0.15) is 11.3 Å². The van der Waals surface area contributed by atoms with Crippen LogP contribution in [0.4, 0.5) is 5.69 Å². The summed E-state index contributed by atoms with van der Waals surface area (Å²) in [6.45, 7) is 0. The number of rotatable bonds is 2. The molecule has 8 heteroatoms. The van der Waals surface area contributed by atoms with Crippen LogP contribution in [0.3, 0.4) is 0 Å². The van der Waals surface area contributed by atoms with Crippen molar-refractivity contribution in [1.82, 2.24) is 19.7 Å². The molecule has 2 aromatic rings. The maximum atomic E-state index is 11.3. The molecule has 0 unspecified atom stereocenters. The zero-order valence-corrected chi connectivity index (χ0v) is 9.55. The minimum absolute atomic E-state index is 0.0159. The van der Waals surface area contributed by atoms with Crippen molar-refractivity contribution in [3.63, 3.8) is 0 Å². The van der Waals surface area contributed by atoms with Gasteiger partial charge in [-0.2, -0.15) is 5.10 Å². The molecule has 0 atom stereocenters. The van der Waals surface area contributed by atoms with E-state index in [0.717, 1.165) is 0 Å². The van der Waals surface area contributed by atoms with Crippen LogP contribution in [-0.2, 0) is 4.74 Å². The Morgan fingerprint density at radius 1 is 1.59 bits per heavy atom. The van der Waals surface area contributed by atoms with Gasteiger partial charge in [-0.1, -0.05) is 11.6 Å². The maximum absolute atomic E-state index is 11.3. The molecule has 0 aliphatic rings. The van der Waals surface area contributed by atoms with E-state index in [1.807, 2.05) is 0 Å². The average molecular weight is 254 g/mol. The van der Waals surface area contributed by atoms with Crippen LogP contribution < -0.4 is 5.73 Å². The van der Waals surface area contributed by atoms with Crippen LogP contribution in [0.5, 0.6) is 0 Å². The van der Waals surface area contributed by atoms with Gasteiger partial charge in [-0.15, -0.1) is 0 Å². The second-order valence-electron chi connectivity index (χ2n) is 3.06. The molecule has 0 saturated carbocycles. The average Bonchev–Trinajstić information content (AvgIpc) is 2.71. The Morgan fingerprint density at radius 3 is 3.00 bits per heavy atom. The summed E-state index contributed by atoms with van der Waals surface area (Å²) in [4.78, 5) is 19.0. The van der Waals surface area contributed by atoms with Crippen LogP contribution in [0.2, 0.25) is 5.02 Å². The summed E-state index contributed by atoms with van der Waals surface area (Å²) in [5, 5.41) is 4.25. The second-order valence-corrected chi connectivity index (χ2v) is 3.47. The first-order valence-corrected chi connectivity index (χ1v) is 4.90. The van der Waals surface area contributed by atoms with E-state index in [9.17, 15) is 4.79 Å². The Balaban J connectivity index is 2.49. The molecule has 0 radical (unpaired) electrons. The number of anilines is 1. The third-order valence-electron chi connectivity index (χ3n) is 1.99. The molecule has 17 heavy (non-hydrogen) atoms. The molecule has 0 bridgehead atoms. The Morgan fingerprint density at radius 2 is 2.35 bits per heavy atom. The first-order chi connectivity index (χ1) is 8.13. The van der Waals surface area contributed by atoms with E-state index in [-0.39, 0.29) is 11.4 Å². The fourth-order valence-corrected chi connectivity index (χ4v) is 1.42. The predicted molar refractivity (Wildman–Crippen MR) is 59.9 cm³/mol. The monoisotopic (exact) mass is 253 g/mol. The van der Waals surface area contributed by atoms with Crippen molar-refractivity contribution < 1.29 is 9.53 Å². The zero-order valence-electron chi connectivity index (χ0n) is 8.79. The number of carbonyl (C=O) groups is 1. The summed E-state index contributed by atoms with van der Waals surface area (Å²) in [6, 6.07) is 0. The molecule has 0 spiro atoms. The molecule has 0 fully saturated rings. The number of esters is 1. The molecule has 2 N–H and O–H groups in total. The molecule has 0 aliphatic carbocycles. The largest absolute Gasteiger partial charge is 0.464 e. The van der Waals surface area contributed by atoms with E-state index in [1.54, 1.807) is 0 Å². The topological polar surface area (TPSA) is 95.9 Å². The number of ether oxygens (including phenoxy) is 1. The number of carbonyl (C=O) groups excluding carboxylic acids is 1. The summed E-state index contributed by atoms with van der Waals surface area (Å²) >= 11 is 5.89. The Bertz CT molecular complexity index is 568. The lowest BCUT2D eigenvalue weighted by atomic mass is 10.4. The number of hydrogen-bond donors (Lipinski definition) is 1. The van der Waals surface area contributed by atoms with Crippen molar-refractivity contribution >= 4 is 23.3 Å². The standard InChI is InChI=1S/C9H8ClN5O2/c1-17-9(16)7-6(11)3-15(14-7)8-5(10)2-12-4-13-8/h2-4H,11H2,1H3. The normalized spacial score (nSPS) is 10.2. The van der Waals surface area contributed by atoms with E-state index < -0.39 is 5.97 Å². The Hall–Kier alpha value is -2.15. The van der Waals surface area contributed by atoms with Crippen molar-refractivity contribution in [2.45, 2.75) is 0 Å². The fourth-order valence-electron chi connectivity index (χ4n) is 1.23. The minimum atomic E-state index is -0.619. The highest BCUT2D eigenvalue weighted by Crippen LogP contribution is 2.18. The van der Waals surface area contributed by atoms with Gasteiger partial charge in [0.05, 0.1) is 25.2 Å². The molecule has 2 aromatic heterocycles. The lowest BCUT2D eigenvalue weighted by molar-refractivity contribution is 0.0594. The summed E-state index contributed by atoms with van der Waals surface area (Å²) in [5.41, 5.74) is 5.84. The smallest absolute Gasteiger partial charge is 0.360 e. The van der Waals surface area contributed by atoms with Gasteiger partial charge in [-0.25, -0.2) is 19.4 Å². The number of nitrogen functional groups attached to an aromatic ring is 1. The summed E-state index contributed by atoms with van der Waals surface area (Å²) in [5.74, 6) is -0.282. The van der Waals surface area contributed by atoms with Gasteiger partial charge in [0.2, 0.25) is 0 Å². The number of nitrogens with zero attached hydrogens (tertiary/aromatic N) is 4. The molecular formula is C9H8ClN5O2. The van der Waals surface area contributed by atoms with Crippen LogP contribution in [0.25, 0.3) is 5.82 Å². The van der Waals surface area contributed by atoms with Crippen LogP contribution in [0.1, 0.15) is 10.5 Å². The van der Waals surface area contributed by atoms with Gasteiger partial charge >= 0.3 is 5.97 Å². The van der Waals surface area contributed by atoms with Crippen molar-refractivity contribution in [3.05, 3.63) is 29.4 Å². The van der Waals surface area contributed by atoms with Crippen molar-refractivity contribution in [1.29, 1.82) is 0 Å². The van der Waals surface area contributed by atoms with Gasteiger partial charge in [-0.3, -0.25) is 0 Å². The van der Waals surface area contributed by atoms with Gasteiger partial charge in [0.25, 0.3) is 0 Å². The molecule has 2 heterocycles. The third kappa shape index (κ3) is 2.04. The molecule has 7 nitrogen and oxygen atoms in total. The van der Waals surface area contributed by atoms with Crippen LogP contribution in [0.15, 0.2) is 18.7 Å². The predicted octanol–water partition coefficient (Wildman–Crippen LogP) is 0.684. The van der Waals surface area contributed by atoms with Gasteiger partial charge in [0, 0.05) is 0 Å².